The van der Waals surface area contributed by atoms with E-state index in [2.05, 4.69) is 19.8 Å². The number of carbonyl (C=O) groups excluding carboxylic acids is 1. The van der Waals surface area contributed by atoms with Crippen LogP contribution in [0.4, 0.5) is 14.6 Å². The Morgan fingerprint density at radius 1 is 1.14 bits per heavy atom. The average Bonchev–Trinajstić information content (AvgIpc) is 3.61. The molecule has 36 heavy (non-hydrogen) atoms. The number of amides is 1. The van der Waals surface area contributed by atoms with Gasteiger partial charge in [0.15, 0.2) is 11.5 Å². The molecule has 0 saturated heterocycles. The second-order valence-corrected chi connectivity index (χ2v) is 8.90. The van der Waals surface area contributed by atoms with Gasteiger partial charge in [-0.25, -0.2) is 4.98 Å². The molecule has 8 nitrogen and oxygen atoms in total. The molecule has 5 rings (SSSR count). The minimum absolute atomic E-state index is 0. The lowest BCUT2D eigenvalue weighted by atomic mass is 9.94. The molecule has 3 N–H and O–H groups in total. The Morgan fingerprint density at radius 2 is 1.86 bits per heavy atom. The second kappa shape index (κ2) is 9.03. The van der Waals surface area contributed by atoms with E-state index in [1.54, 1.807) is 24.3 Å². The smallest absolute Gasteiger partial charge is 0.491 e. The van der Waals surface area contributed by atoms with Crippen LogP contribution in [0.3, 0.4) is 0 Å². The lowest BCUT2D eigenvalue weighted by Crippen LogP contribution is -2.28. The van der Waals surface area contributed by atoms with Crippen molar-refractivity contribution in [3.8, 4) is 28.5 Å². The van der Waals surface area contributed by atoms with E-state index < -0.39 is 17.8 Å². The van der Waals surface area contributed by atoms with Crippen LogP contribution >= 0.6 is 0 Å². The van der Waals surface area contributed by atoms with E-state index in [9.17, 15) is 18.7 Å². The third-order valence-electron chi connectivity index (χ3n) is 6.26. The highest BCUT2D eigenvalue weighted by Gasteiger charge is 2.53. The number of hydrogen-bond donors (Lipinski definition) is 3. The fraction of sp³-hybridized carbons (Fsp3) is 0.308. The molecule has 1 aromatic heterocycles. The first-order chi connectivity index (χ1) is 17.2. The Hall–Kier alpha value is -3.76. The van der Waals surface area contributed by atoms with E-state index in [0.29, 0.717) is 35.7 Å². The zero-order chi connectivity index (χ0) is 25.5. The molecule has 10 heteroatoms. The Kier molecular flexibility index (Phi) is 6.01. The normalized spacial score (nSPS) is 17.4. The number of pyridine rings is 1. The number of aliphatic hydroxyl groups excluding tert-OH is 2. The second-order valence-electron chi connectivity index (χ2n) is 8.90. The summed E-state index contributed by atoms with van der Waals surface area (Å²) in [6.45, 7) is 1.49. The molecule has 1 saturated carbocycles. The number of alkyl halides is 2. The van der Waals surface area contributed by atoms with E-state index in [4.69, 9.17) is 9.84 Å². The maximum atomic E-state index is 13.4. The lowest BCUT2D eigenvalue weighted by molar-refractivity contribution is -0.286. The van der Waals surface area contributed by atoms with E-state index in [0.717, 1.165) is 11.1 Å². The van der Waals surface area contributed by atoms with Gasteiger partial charge in [0.2, 0.25) is 5.91 Å². The number of benzene rings is 2. The Morgan fingerprint density at radius 3 is 2.56 bits per heavy atom. The molecule has 0 unspecified atom stereocenters. The van der Waals surface area contributed by atoms with Gasteiger partial charge in [-0.15, -0.1) is 8.78 Å². The van der Waals surface area contributed by atoms with Crippen molar-refractivity contribution >= 4 is 11.7 Å². The number of nitrogens with zero attached hydrogens (tertiary/aromatic N) is 1. The molecular formula is C26H30F2N2O6. The van der Waals surface area contributed by atoms with Crippen molar-refractivity contribution in [2.24, 2.45) is 0 Å². The van der Waals surface area contributed by atoms with Gasteiger partial charge in [-0.1, -0.05) is 12.1 Å². The zero-order valence-corrected chi connectivity index (χ0v) is 19.3. The zero-order valence-electron chi connectivity index (χ0n) is 19.3. The van der Waals surface area contributed by atoms with Gasteiger partial charge >= 0.3 is 6.29 Å². The average molecular weight is 505 g/mol. The van der Waals surface area contributed by atoms with E-state index >= 15 is 0 Å². The Labute approximate surface area is 209 Å². The van der Waals surface area contributed by atoms with Crippen molar-refractivity contribution in [2.45, 2.75) is 37.6 Å². The SMILES string of the molecule is Cc1ccc(NC(=O)C2(c3ccc4c(c3)OC(F)(F)O4)CC2)nc1-c1ccc(OC[C@@H](O)CO)cc1.[HH].[HH].[HH]. The third kappa shape index (κ3) is 4.69. The van der Waals surface area contributed by atoms with Crippen molar-refractivity contribution in [1.29, 1.82) is 0 Å². The summed E-state index contributed by atoms with van der Waals surface area (Å²) in [4.78, 5) is 17.8. The topological polar surface area (TPSA) is 110 Å². The Bertz CT molecular complexity index is 1310. The maximum absolute atomic E-state index is 13.4. The van der Waals surface area contributed by atoms with Crippen LogP contribution in [0.2, 0.25) is 0 Å². The largest absolute Gasteiger partial charge is 0.586 e. The summed E-state index contributed by atoms with van der Waals surface area (Å²) in [5.41, 5.74) is 2.10. The number of hydrogen-bond acceptors (Lipinski definition) is 7. The van der Waals surface area contributed by atoms with Crippen molar-refractivity contribution < 1.29 is 42.3 Å². The predicted molar refractivity (Wildman–Crippen MR) is 132 cm³/mol. The summed E-state index contributed by atoms with van der Waals surface area (Å²) in [7, 11) is 0. The highest BCUT2D eigenvalue weighted by atomic mass is 19.3. The molecular weight excluding hydrogens is 474 g/mol. The quantitative estimate of drug-likeness (QED) is 0.414. The molecule has 2 aromatic carbocycles. The number of aromatic nitrogens is 1. The number of aryl methyl sites for hydroxylation is 1. The minimum Gasteiger partial charge on any atom is -0.491 e. The first kappa shape index (κ1) is 24.0. The van der Waals surface area contributed by atoms with Crippen LogP contribution in [-0.4, -0.2) is 46.7 Å². The van der Waals surface area contributed by atoms with Crippen LogP contribution in [0.15, 0.2) is 54.6 Å². The van der Waals surface area contributed by atoms with Gasteiger partial charge in [0.05, 0.1) is 17.7 Å². The molecule has 0 spiro atoms. The summed E-state index contributed by atoms with van der Waals surface area (Å²) in [5.74, 6) is 0.467. The monoisotopic (exact) mass is 504 g/mol. The highest BCUT2D eigenvalue weighted by Crippen LogP contribution is 2.52. The van der Waals surface area contributed by atoms with Crippen LogP contribution in [0, 0.1) is 6.92 Å². The predicted octanol–water partition coefficient (Wildman–Crippen LogP) is 4.52. The maximum Gasteiger partial charge on any atom is 0.586 e. The number of nitrogens with one attached hydrogen (secondary N) is 1. The molecule has 2 heterocycles. The van der Waals surface area contributed by atoms with Crippen LogP contribution in [0.25, 0.3) is 11.3 Å². The molecule has 1 aliphatic heterocycles. The van der Waals surface area contributed by atoms with Gasteiger partial charge in [0.25, 0.3) is 0 Å². The van der Waals surface area contributed by atoms with E-state index in [-0.39, 0.29) is 34.9 Å². The number of ether oxygens (including phenoxy) is 3. The first-order valence-corrected chi connectivity index (χ1v) is 11.4. The van der Waals surface area contributed by atoms with E-state index in [1.807, 2.05) is 25.1 Å². The molecule has 1 atom stereocenters. The third-order valence-corrected chi connectivity index (χ3v) is 6.26. The summed E-state index contributed by atoms with van der Waals surface area (Å²) < 4.78 is 41.2. The van der Waals surface area contributed by atoms with Gasteiger partial charge in [0, 0.05) is 9.84 Å². The number of carbonyl (C=O) groups is 1. The number of aliphatic hydroxyl groups is 2. The van der Waals surface area contributed by atoms with Crippen molar-refractivity contribution in [1.82, 2.24) is 4.98 Å². The molecule has 0 bridgehead atoms. The standard InChI is InChI=1S/C26H24F2N2O6.3H2/c1-15-2-9-22(29-23(15)16-3-6-19(7-4-16)34-14-18(32)13-31)30-24(33)25(10-11-25)17-5-8-20-21(12-17)36-26(27,28)35-20;;;/h2-9,12,18,31-32H,10-11,13-14H2,1H3,(H,29,30,33);3*1H/t18-;;;/m0.../s1. The molecule has 194 valence electrons. The highest BCUT2D eigenvalue weighted by molar-refractivity contribution is 6.01. The molecule has 2 aliphatic rings. The van der Waals surface area contributed by atoms with Gasteiger partial charge in [-0.3, -0.25) is 4.79 Å². The Balaban J connectivity index is 0.00000178. The summed E-state index contributed by atoms with van der Waals surface area (Å²) in [6.07, 6.45) is -3.53. The number of rotatable bonds is 8. The number of halogens is 2. The van der Waals surface area contributed by atoms with E-state index in [1.165, 1.54) is 12.1 Å². The van der Waals surface area contributed by atoms with Crippen LogP contribution in [0.5, 0.6) is 17.2 Å². The summed E-state index contributed by atoms with van der Waals surface area (Å²) in [6, 6.07) is 15.1. The van der Waals surface area contributed by atoms with Gasteiger partial charge in [0.1, 0.15) is 24.3 Å². The van der Waals surface area contributed by atoms with Crippen molar-refractivity contribution in [3.63, 3.8) is 0 Å². The van der Waals surface area contributed by atoms with Crippen molar-refractivity contribution in [2.75, 3.05) is 18.5 Å². The summed E-state index contributed by atoms with van der Waals surface area (Å²) >= 11 is 0. The van der Waals surface area contributed by atoms with Gasteiger partial charge in [-0.2, -0.15) is 0 Å². The fourth-order valence-corrected chi connectivity index (χ4v) is 4.10. The van der Waals surface area contributed by atoms with Crippen LogP contribution in [-0.2, 0) is 10.2 Å². The number of anilines is 1. The lowest BCUT2D eigenvalue weighted by Gasteiger charge is -2.17. The van der Waals surface area contributed by atoms with Crippen molar-refractivity contribution in [3.05, 3.63) is 65.7 Å². The molecule has 0 radical (unpaired) electrons. The molecule has 1 amide bonds. The summed E-state index contributed by atoms with van der Waals surface area (Å²) in [5, 5.41) is 21.2. The minimum atomic E-state index is -3.72. The molecule has 3 aromatic rings. The van der Waals surface area contributed by atoms with Gasteiger partial charge < -0.3 is 29.7 Å². The fourth-order valence-electron chi connectivity index (χ4n) is 4.10. The van der Waals surface area contributed by atoms with Crippen LogP contribution in [0.1, 0.15) is 28.2 Å². The van der Waals surface area contributed by atoms with Crippen LogP contribution < -0.4 is 19.5 Å². The number of fused-ring (bicyclic) bond motifs is 1. The molecule has 1 fully saturated rings. The molecule has 1 aliphatic carbocycles. The first-order valence-electron chi connectivity index (χ1n) is 11.4. The van der Waals surface area contributed by atoms with Gasteiger partial charge in [-0.05, 0) is 73.4 Å².